The third-order valence-corrected chi connectivity index (χ3v) is 2.00. The highest BCUT2D eigenvalue weighted by atomic mass is 16.7. The number of hydrogen-bond acceptors (Lipinski definition) is 4. The third kappa shape index (κ3) is 2.73. The van der Waals surface area contributed by atoms with Gasteiger partial charge < -0.3 is 9.94 Å². The lowest BCUT2D eigenvalue weighted by Crippen LogP contribution is -2.11. The molecule has 0 unspecified atom stereocenters. The van der Waals surface area contributed by atoms with Crippen LogP contribution in [0, 0.1) is 13.8 Å². The van der Waals surface area contributed by atoms with Crippen LogP contribution >= 0.6 is 0 Å². The monoisotopic (exact) mass is 223 g/mol. The Balaban J connectivity index is 3.13. The van der Waals surface area contributed by atoms with Gasteiger partial charge in [-0.3, -0.25) is 4.79 Å². The van der Waals surface area contributed by atoms with Gasteiger partial charge in [-0.25, -0.2) is 10.3 Å². The van der Waals surface area contributed by atoms with Crippen molar-refractivity contribution in [2.45, 2.75) is 20.8 Å². The maximum atomic E-state index is 11.0. The van der Waals surface area contributed by atoms with Crippen LogP contribution in [0.1, 0.15) is 28.4 Å². The number of hydrogen-bond donors (Lipinski definition) is 2. The number of anilines is 1. The molecule has 0 heterocycles. The van der Waals surface area contributed by atoms with Crippen LogP contribution < -0.4 is 5.48 Å². The Hall–Kier alpha value is -2.04. The lowest BCUT2D eigenvalue weighted by molar-refractivity contribution is -0.138. The van der Waals surface area contributed by atoms with Gasteiger partial charge in [0.05, 0.1) is 11.3 Å². The molecule has 5 nitrogen and oxygen atoms in total. The van der Waals surface area contributed by atoms with Crippen molar-refractivity contribution in [1.82, 2.24) is 0 Å². The first-order valence-electron chi connectivity index (χ1n) is 4.69. The van der Waals surface area contributed by atoms with Crippen molar-refractivity contribution < 1.29 is 19.5 Å². The van der Waals surface area contributed by atoms with Gasteiger partial charge in [0.2, 0.25) is 0 Å². The van der Waals surface area contributed by atoms with Crippen LogP contribution in [0.4, 0.5) is 5.69 Å². The molecule has 1 rings (SSSR count). The number of carbonyl (C=O) groups is 2. The van der Waals surface area contributed by atoms with Gasteiger partial charge >= 0.3 is 11.9 Å². The molecule has 0 spiro atoms. The SMILES string of the molecule is CC(=O)ONc1cc(C)cc(C)c1C(=O)O. The van der Waals surface area contributed by atoms with E-state index in [1.165, 1.54) is 6.92 Å². The van der Waals surface area contributed by atoms with Crippen LogP contribution in [0.15, 0.2) is 12.1 Å². The summed E-state index contributed by atoms with van der Waals surface area (Å²) in [5.74, 6) is -1.59. The molecule has 5 heteroatoms. The Morgan fingerprint density at radius 1 is 1.31 bits per heavy atom. The first-order valence-corrected chi connectivity index (χ1v) is 4.69. The molecule has 0 bridgehead atoms. The highest BCUT2D eigenvalue weighted by molar-refractivity contribution is 5.96. The number of aryl methyl sites for hydroxylation is 2. The fourth-order valence-corrected chi connectivity index (χ4v) is 1.46. The van der Waals surface area contributed by atoms with Gasteiger partial charge in [-0.1, -0.05) is 6.07 Å². The minimum Gasteiger partial charge on any atom is -0.478 e. The molecule has 0 aliphatic carbocycles. The Bertz CT molecular complexity index is 440. The number of carboxylic acid groups (broad SMARTS) is 1. The zero-order valence-electron chi connectivity index (χ0n) is 9.33. The van der Waals surface area contributed by atoms with Gasteiger partial charge in [0, 0.05) is 6.92 Å². The maximum Gasteiger partial charge on any atom is 0.338 e. The van der Waals surface area contributed by atoms with Crippen molar-refractivity contribution in [3.8, 4) is 0 Å². The van der Waals surface area contributed by atoms with Crippen molar-refractivity contribution in [3.63, 3.8) is 0 Å². The topological polar surface area (TPSA) is 75.6 Å². The second kappa shape index (κ2) is 4.65. The number of rotatable bonds is 3. The third-order valence-electron chi connectivity index (χ3n) is 2.00. The quantitative estimate of drug-likeness (QED) is 0.765. The molecule has 1 aromatic carbocycles. The van der Waals surface area contributed by atoms with Crippen LogP contribution in [0.5, 0.6) is 0 Å². The second-order valence-electron chi connectivity index (χ2n) is 3.51. The van der Waals surface area contributed by atoms with E-state index in [9.17, 15) is 9.59 Å². The maximum absolute atomic E-state index is 11.0. The molecular formula is C11H13NO4. The molecule has 1 aromatic rings. The van der Waals surface area contributed by atoms with E-state index in [4.69, 9.17) is 5.11 Å². The molecule has 0 atom stereocenters. The Labute approximate surface area is 93.0 Å². The first kappa shape index (κ1) is 12.0. The van der Waals surface area contributed by atoms with Crippen molar-refractivity contribution in [3.05, 3.63) is 28.8 Å². The van der Waals surface area contributed by atoms with Crippen molar-refractivity contribution in [2.24, 2.45) is 0 Å². The van der Waals surface area contributed by atoms with Crippen molar-refractivity contribution in [1.29, 1.82) is 0 Å². The fourth-order valence-electron chi connectivity index (χ4n) is 1.46. The van der Waals surface area contributed by atoms with E-state index in [2.05, 4.69) is 10.3 Å². The summed E-state index contributed by atoms with van der Waals surface area (Å²) in [6, 6.07) is 3.36. The number of carbonyl (C=O) groups excluding carboxylic acids is 1. The van der Waals surface area contributed by atoms with Gasteiger partial charge in [0.25, 0.3) is 0 Å². The molecule has 16 heavy (non-hydrogen) atoms. The Morgan fingerprint density at radius 3 is 2.44 bits per heavy atom. The summed E-state index contributed by atoms with van der Waals surface area (Å²) in [5, 5.41) is 9.02. The number of nitrogens with one attached hydrogen (secondary N) is 1. The summed E-state index contributed by atoms with van der Waals surface area (Å²) in [6.07, 6.45) is 0. The largest absolute Gasteiger partial charge is 0.478 e. The molecule has 0 aromatic heterocycles. The zero-order chi connectivity index (χ0) is 12.3. The second-order valence-corrected chi connectivity index (χ2v) is 3.51. The molecule has 0 amide bonds. The van der Waals surface area contributed by atoms with E-state index in [1.54, 1.807) is 19.1 Å². The summed E-state index contributed by atoms with van der Waals surface area (Å²) in [6.45, 7) is 4.75. The summed E-state index contributed by atoms with van der Waals surface area (Å²) >= 11 is 0. The molecule has 0 aliphatic heterocycles. The summed E-state index contributed by atoms with van der Waals surface area (Å²) in [5.41, 5.74) is 4.23. The molecule has 2 N–H and O–H groups in total. The highest BCUT2D eigenvalue weighted by Gasteiger charge is 2.14. The highest BCUT2D eigenvalue weighted by Crippen LogP contribution is 2.22. The van der Waals surface area contributed by atoms with Gasteiger partial charge in [0.1, 0.15) is 0 Å². The zero-order valence-corrected chi connectivity index (χ0v) is 9.33. The van der Waals surface area contributed by atoms with Crippen LogP contribution in [0.25, 0.3) is 0 Å². The number of carboxylic acids is 1. The summed E-state index contributed by atoms with van der Waals surface area (Å²) < 4.78 is 0. The van der Waals surface area contributed by atoms with E-state index in [-0.39, 0.29) is 11.3 Å². The van der Waals surface area contributed by atoms with Crippen LogP contribution in [0.2, 0.25) is 0 Å². The summed E-state index contributed by atoms with van der Waals surface area (Å²) in [4.78, 5) is 26.2. The van der Waals surface area contributed by atoms with Gasteiger partial charge in [-0.05, 0) is 31.0 Å². The molecular weight excluding hydrogens is 210 g/mol. The van der Waals surface area contributed by atoms with Gasteiger partial charge in [-0.15, -0.1) is 0 Å². The number of aromatic carboxylic acids is 1. The van der Waals surface area contributed by atoms with E-state index in [0.29, 0.717) is 5.56 Å². The van der Waals surface area contributed by atoms with Gasteiger partial charge in [0.15, 0.2) is 0 Å². The van der Waals surface area contributed by atoms with Gasteiger partial charge in [-0.2, -0.15) is 0 Å². The molecule has 0 fully saturated rings. The molecule has 0 radical (unpaired) electrons. The molecule has 0 saturated carbocycles. The van der Waals surface area contributed by atoms with E-state index >= 15 is 0 Å². The van der Waals surface area contributed by atoms with E-state index in [0.717, 1.165) is 5.56 Å². The molecule has 0 aliphatic rings. The van der Waals surface area contributed by atoms with Crippen LogP contribution in [0.3, 0.4) is 0 Å². The lowest BCUT2D eigenvalue weighted by atomic mass is 10.0. The standard InChI is InChI=1S/C11H13NO4/c1-6-4-7(2)10(11(14)15)9(5-6)12-16-8(3)13/h4-5,12H,1-3H3,(H,14,15). The Morgan fingerprint density at radius 2 is 1.94 bits per heavy atom. The summed E-state index contributed by atoms with van der Waals surface area (Å²) in [7, 11) is 0. The average molecular weight is 223 g/mol. The van der Waals surface area contributed by atoms with Crippen LogP contribution in [-0.4, -0.2) is 17.0 Å². The van der Waals surface area contributed by atoms with Crippen LogP contribution in [-0.2, 0) is 9.63 Å². The first-order chi connectivity index (χ1) is 7.41. The minimum absolute atomic E-state index is 0.104. The molecule has 86 valence electrons. The van der Waals surface area contributed by atoms with E-state index in [1.807, 2.05) is 6.92 Å². The smallest absolute Gasteiger partial charge is 0.338 e. The predicted molar refractivity (Wildman–Crippen MR) is 58.3 cm³/mol. The Kier molecular flexibility index (Phi) is 3.50. The predicted octanol–water partition coefficient (Wildman–Crippen LogP) is 1.89. The van der Waals surface area contributed by atoms with Crippen molar-refractivity contribution >= 4 is 17.6 Å². The fraction of sp³-hybridized carbons (Fsp3) is 0.273. The normalized spacial score (nSPS) is 9.69. The lowest BCUT2D eigenvalue weighted by Gasteiger charge is -2.11. The van der Waals surface area contributed by atoms with E-state index < -0.39 is 11.9 Å². The van der Waals surface area contributed by atoms with Crippen molar-refractivity contribution in [2.75, 3.05) is 5.48 Å². The average Bonchev–Trinajstić information content (AvgIpc) is 2.12. The number of benzene rings is 1. The minimum atomic E-state index is -1.06. The molecule has 0 saturated heterocycles.